The van der Waals surface area contributed by atoms with E-state index in [9.17, 15) is 19.1 Å². The molecule has 5 rings (SSSR count). The Morgan fingerprint density at radius 2 is 1.85 bits per heavy atom. The first-order valence-electron chi connectivity index (χ1n) is 13.6. The first-order chi connectivity index (χ1) is 18.2. The van der Waals surface area contributed by atoms with Gasteiger partial charge in [-0.15, -0.1) is 0 Å². The van der Waals surface area contributed by atoms with Crippen LogP contribution in [0.2, 0.25) is 10.0 Å². The molecule has 0 aromatic heterocycles. The minimum Gasteiger partial charge on any atom is -0.390 e. The molecular formula is C30H36Cl2FN3O3. The summed E-state index contributed by atoms with van der Waals surface area (Å²) < 4.78 is 14.3. The summed E-state index contributed by atoms with van der Waals surface area (Å²) in [5.74, 6) is -1.68. The zero-order valence-electron chi connectivity index (χ0n) is 22.7. The van der Waals surface area contributed by atoms with Gasteiger partial charge in [-0.1, -0.05) is 56.1 Å². The Labute approximate surface area is 239 Å². The molecule has 2 heterocycles. The standard InChI is InChI=1S/C30H36Cl2FN3O3/c1-28(2,3)15-23-30(19-7-6-17(31)14-22(19)35-27(30)38)24(16-5-8-21(33)20(32)13-16)25(36-23)26(37)34-18-9-11-29(4,39)12-10-18/h5-8,13-14,18,23-25,36,39H,9-12,15H2,1-4H3,(H,34,37)(H,35,38)/t18-,23-,24+,25-,29-,30+/m1/s1. The lowest BCUT2D eigenvalue weighted by molar-refractivity contribution is -0.125. The van der Waals surface area contributed by atoms with Gasteiger partial charge in [0.2, 0.25) is 11.8 Å². The van der Waals surface area contributed by atoms with E-state index in [1.54, 1.807) is 18.2 Å². The van der Waals surface area contributed by atoms with Crippen LogP contribution in [-0.4, -0.2) is 40.6 Å². The van der Waals surface area contributed by atoms with E-state index in [1.807, 2.05) is 13.0 Å². The average Bonchev–Trinajstić information content (AvgIpc) is 3.31. The van der Waals surface area contributed by atoms with Crippen molar-refractivity contribution in [3.8, 4) is 0 Å². The van der Waals surface area contributed by atoms with Crippen LogP contribution in [0.25, 0.3) is 0 Å². The zero-order chi connectivity index (χ0) is 28.3. The van der Waals surface area contributed by atoms with Crippen molar-refractivity contribution in [3.05, 3.63) is 63.4 Å². The lowest BCUT2D eigenvalue weighted by Crippen LogP contribution is -2.50. The number of anilines is 1. The van der Waals surface area contributed by atoms with Crippen LogP contribution in [0.5, 0.6) is 0 Å². The number of rotatable bonds is 4. The molecule has 0 bridgehead atoms. The van der Waals surface area contributed by atoms with Gasteiger partial charge in [0.25, 0.3) is 0 Å². The molecule has 2 fully saturated rings. The summed E-state index contributed by atoms with van der Waals surface area (Å²) in [7, 11) is 0. The van der Waals surface area contributed by atoms with Crippen molar-refractivity contribution in [1.82, 2.24) is 10.6 Å². The third kappa shape index (κ3) is 5.19. The highest BCUT2D eigenvalue weighted by Crippen LogP contribution is 2.56. The summed E-state index contributed by atoms with van der Waals surface area (Å²) in [6.07, 6.45) is 3.12. The van der Waals surface area contributed by atoms with Crippen molar-refractivity contribution in [3.63, 3.8) is 0 Å². The van der Waals surface area contributed by atoms with Gasteiger partial charge in [0.05, 0.1) is 16.7 Å². The van der Waals surface area contributed by atoms with E-state index in [0.717, 1.165) is 5.56 Å². The van der Waals surface area contributed by atoms with Crippen molar-refractivity contribution in [2.45, 2.75) is 94.9 Å². The van der Waals surface area contributed by atoms with Crippen molar-refractivity contribution in [2.75, 3.05) is 5.32 Å². The lowest BCUT2D eigenvalue weighted by Gasteiger charge is -2.38. The number of carbonyl (C=O) groups is 2. The highest BCUT2D eigenvalue weighted by molar-refractivity contribution is 6.31. The molecule has 6 nitrogen and oxygen atoms in total. The maximum absolute atomic E-state index is 14.3. The Bertz CT molecular complexity index is 1300. The minimum absolute atomic E-state index is 0.0645. The van der Waals surface area contributed by atoms with E-state index in [1.165, 1.54) is 12.1 Å². The molecule has 2 aromatic carbocycles. The molecule has 4 N–H and O–H groups in total. The van der Waals surface area contributed by atoms with Crippen LogP contribution in [0.15, 0.2) is 36.4 Å². The monoisotopic (exact) mass is 575 g/mol. The molecule has 1 spiro atoms. The highest BCUT2D eigenvalue weighted by Gasteiger charge is 2.65. The first kappa shape index (κ1) is 28.3. The van der Waals surface area contributed by atoms with E-state index in [2.05, 4.69) is 36.7 Å². The zero-order valence-corrected chi connectivity index (χ0v) is 24.2. The van der Waals surface area contributed by atoms with Gasteiger partial charge in [0.1, 0.15) is 11.2 Å². The molecule has 1 saturated carbocycles. The number of nitrogens with one attached hydrogen (secondary N) is 3. The normalized spacial score (nSPS) is 32.3. The van der Waals surface area contributed by atoms with Crippen molar-refractivity contribution in [2.24, 2.45) is 5.41 Å². The van der Waals surface area contributed by atoms with Gasteiger partial charge in [-0.05, 0) is 79.8 Å². The predicted octanol–water partition coefficient (Wildman–Crippen LogP) is 5.69. The van der Waals surface area contributed by atoms with Crippen LogP contribution in [0, 0.1) is 11.2 Å². The number of fused-ring (bicyclic) bond motifs is 2. The second kappa shape index (κ2) is 10.0. The molecule has 3 aliphatic rings. The Morgan fingerprint density at radius 3 is 2.49 bits per heavy atom. The molecule has 2 aromatic rings. The van der Waals surface area contributed by atoms with E-state index in [4.69, 9.17) is 23.2 Å². The predicted molar refractivity (Wildman–Crippen MR) is 152 cm³/mol. The fraction of sp³-hybridized carbons (Fsp3) is 0.533. The Morgan fingerprint density at radius 1 is 1.15 bits per heavy atom. The number of amides is 2. The maximum atomic E-state index is 14.3. The topological polar surface area (TPSA) is 90.5 Å². The van der Waals surface area contributed by atoms with E-state index < -0.39 is 34.8 Å². The number of aliphatic hydroxyl groups is 1. The molecule has 4 atom stereocenters. The van der Waals surface area contributed by atoms with Gasteiger partial charge in [0.15, 0.2) is 0 Å². The molecular weight excluding hydrogens is 540 g/mol. The van der Waals surface area contributed by atoms with Crippen LogP contribution in [0.4, 0.5) is 10.1 Å². The summed E-state index contributed by atoms with van der Waals surface area (Å²) in [4.78, 5) is 28.2. The number of benzene rings is 2. The van der Waals surface area contributed by atoms with Gasteiger partial charge in [-0.25, -0.2) is 4.39 Å². The molecule has 0 unspecified atom stereocenters. The Kier molecular flexibility index (Phi) is 7.28. The number of hydrogen-bond acceptors (Lipinski definition) is 4. The molecule has 2 amide bonds. The Hall–Kier alpha value is -2.19. The number of halogens is 3. The fourth-order valence-corrected chi connectivity index (χ4v) is 7.16. The van der Waals surface area contributed by atoms with Crippen LogP contribution in [0.3, 0.4) is 0 Å². The molecule has 1 saturated heterocycles. The van der Waals surface area contributed by atoms with E-state index >= 15 is 0 Å². The molecule has 2 aliphatic heterocycles. The SMILES string of the molecule is CC(C)(C)C[C@H]1N[C@@H](C(=O)N[C@H]2CC[C@](C)(O)CC2)[C@H](c2ccc(F)c(Cl)c2)[C@@]12C(=O)Nc1cc(Cl)ccc12. The van der Waals surface area contributed by atoms with Crippen LogP contribution in [-0.2, 0) is 15.0 Å². The van der Waals surface area contributed by atoms with E-state index in [-0.39, 0.29) is 28.3 Å². The minimum atomic E-state index is -1.16. The molecule has 1 aliphatic carbocycles. The third-order valence-electron chi connectivity index (χ3n) is 8.62. The van der Waals surface area contributed by atoms with Crippen LogP contribution in [0.1, 0.15) is 76.8 Å². The number of hydrogen-bond donors (Lipinski definition) is 4. The number of carbonyl (C=O) groups excluding carboxylic acids is 2. The van der Waals surface area contributed by atoms with Gasteiger partial charge in [0, 0.05) is 28.7 Å². The van der Waals surface area contributed by atoms with Crippen LogP contribution < -0.4 is 16.0 Å². The first-order valence-corrected chi connectivity index (χ1v) is 14.3. The van der Waals surface area contributed by atoms with Gasteiger partial charge in [-0.3, -0.25) is 9.59 Å². The molecule has 210 valence electrons. The molecule has 0 radical (unpaired) electrons. The lowest BCUT2D eigenvalue weighted by atomic mass is 9.62. The summed E-state index contributed by atoms with van der Waals surface area (Å²) in [6.45, 7) is 8.12. The van der Waals surface area contributed by atoms with E-state index in [0.29, 0.717) is 48.4 Å². The fourth-order valence-electron chi connectivity index (χ4n) is 6.80. The van der Waals surface area contributed by atoms with Crippen molar-refractivity contribution < 1.29 is 19.1 Å². The second-order valence-electron chi connectivity index (χ2n) is 12.9. The second-order valence-corrected chi connectivity index (χ2v) is 13.7. The summed E-state index contributed by atoms with van der Waals surface area (Å²) >= 11 is 12.6. The van der Waals surface area contributed by atoms with Gasteiger partial charge in [-0.2, -0.15) is 0 Å². The smallest absolute Gasteiger partial charge is 0.238 e. The highest BCUT2D eigenvalue weighted by atomic mass is 35.5. The quantitative estimate of drug-likeness (QED) is 0.377. The van der Waals surface area contributed by atoms with Crippen molar-refractivity contribution >= 4 is 40.7 Å². The largest absolute Gasteiger partial charge is 0.390 e. The molecule has 9 heteroatoms. The average molecular weight is 577 g/mol. The summed E-state index contributed by atoms with van der Waals surface area (Å²) in [6, 6.07) is 8.51. The van der Waals surface area contributed by atoms with Gasteiger partial charge < -0.3 is 21.1 Å². The van der Waals surface area contributed by atoms with Gasteiger partial charge >= 0.3 is 0 Å². The summed E-state index contributed by atoms with van der Waals surface area (Å²) in [5, 5.41) is 20.6. The Balaban J connectivity index is 1.63. The summed E-state index contributed by atoms with van der Waals surface area (Å²) in [5.41, 5.74) is -0.0855. The third-order valence-corrected chi connectivity index (χ3v) is 9.14. The molecule has 39 heavy (non-hydrogen) atoms. The van der Waals surface area contributed by atoms with Crippen molar-refractivity contribution in [1.29, 1.82) is 0 Å². The maximum Gasteiger partial charge on any atom is 0.238 e. The van der Waals surface area contributed by atoms with Crippen LogP contribution >= 0.6 is 23.2 Å².